The highest BCUT2D eigenvalue weighted by molar-refractivity contribution is 14.0. The number of hydrogen-bond acceptors (Lipinski definition) is 4. The van der Waals surface area contributed by atoms with Crippen LogP contribution in [0.25, 0.3) is 11.0 Å². The van der Waals surface area contributed by atoms with Gasteiger partial charge in [0.2, 0.25) is 0 Å². The van der Waals surface area contributed by atoms with Crippen LogP contribution in [0.2, 0.25) is 0 Å². The summed E-state index contributed by atoms with van der Waals surface area (Å²) in [7, 11) is 1.78. The molecule has 0 aliphatic heterocycles. The number of para-hydroxylation sites is 1. The van der Waals surface area contributed by atoms with Gasteiger partial charge >= 0.3 is 0 Å². The highest BCUT2D eigenvalue weighted by atomic mass is 127. The lowest BCUT2D eigenvalue weighted by atomic mass is 10.2. The monoisotopic (exact) mass is 470 g/mol. The predicted octanol–water partition coefficient (Wildman–Crippen LogP) is 3.77. The number of hydrogen-bond donors (Lipinski definition) is 2. The van der Waals surface area contributed by atoms with Crippen molar-refractivity contribution >= 4 is 52.2 Å². The van der Waals surface area contributed by atoms with E-state index in [0.717, 1.165) is 59.3 Å². The second kappa shape index (κ2) is 9.76. The minimum atomic E-state index is 0. The second-order valence-electron chi connectivity index (χ2n) is 5.53. The van der Waals surface area contributed by atoms with Crippen molar-refractivity contribution in [2.45, 2.75) is 19.8 Å². The van der Waals surface area contributed by atoms with Gasteiger partial charge in [0, 0.05) is 43.7 Å². The van der Waals surface area contributed by atoms with Crippen LogP contribution in [0.15, 0.2) is 45.1 Å². The number of nitrogens with zero attached hydrogens (tertiary/aromatic N) is 2. The Morgan fingerprint density at radius 2 is 1.96 bits per heavy atom. The molecule has 0 bridgehead atoms. The van der Waals surface area contributed by atoms with Gasteiger partial charge in [-0.1, -0.05) is 18.2 Å². The van der Waals surface area contributed by atoms with E-state index in [4.69, 9.17) is 4.42 Å². The van der Waals surface area contributed by atoms with E-state index in [9.17, 15) is 0 Å². The first-order valence-corrected chi connectivity index (χ1v) is 8.95. The van der Waals surface area contributed by atoms with Gasteiger partial charge in [-0.05, 0) is 19.1 Å². The van der Waals surface area contributed by atoms with Gasteiger partial charge < -0.3 is 15.1 Å². The maximum absolute atomic E-state index is 5.82. The Hall–Kier alpha value is -1.61. The fraction of sp³-hybridized carbons (Fsp3) is 0.333. The van der Waals surface area contributed by atoms with E-state index in [1.54, 1.807) is 18.4 Å². The molecule has 0 saturated heterocycles. The van der Waals surface area contributed by atoms with Gasteiger partial charge in [0.15, 0.2) is 5.96 Å². The number of fused-ring (bicyclic) bond motifs is 1. The molecule has 0 spiro atoms. The Balaban J connectivity index is 0.00000225. The first kappa shape index (κ1) is 19.7. The summed E-state index contributed by atoms with van der Waals surface area (Å²) in [6.07, 6.45) is 1.72. The molecule has 5 nitrogen and oxygen atoms in total. The number of thiazole rings is 1. The number of aromatic nitrogens is 1. The number of aliphatic imine (C=N–C) groups is 1. The Morgan fingerprint density at radius 1 is 1.20 bits per heavy atom. The van der Waals surface area contributed by atoms with Crippen LogP contribution in [-0.2, 0) is 12.8 Å². The molecule has 0 unspecified atom stereocenters. The number of halogens is 1. The van der Waals surface area contributed by atoms with Gasteiger partial charge in [-0.15, -0.1) is 35.3 Å². The summed E-state index contributed by atoms with van der Waals surface area (Å²) in [5.74, 6) is 1.79. The van der Waals surface area contributed by atoms with Gasteiger partial charge in [-0.3, -0.25) is 4.99 Å². The molecule has 2 aromatic heterocycles. The Morgan fingerprint density at radius 3 is 2.64 bits per heavy atom. The minimum absolute atomic E-state index is 0. The van der Waals surface area contributed by atoms with Crippen LogP contribution in [0.5, 0.6) is 0 Å². The maximum atomic E-state index is 5.82. The molecular weight excluding hydrogens is 447 g/mol. The molecule has 0 aliphatic carbocycles. The lowest BCUT2D eigenvalue weighted by molar-refractivity contribution is 0.544. The Kier molecular flexibility index (Phi) is 7.70. The van der Waals surface area contributed by atoms with Gasteiger partial charge in [0.1, 0.15) is 11.3 Å². The fourth-order valence-corrected chi connectivity index (χ4v) is 3.16. The zero-order valence-corrected chi connectivity index (χ0v) is 17.6. The first-order chi connectivity index (χ1) is 11.7. The van der Waals surface area contributed by atoms with Crippen molar-refractivity contribution in [2.75, 3.05) is 20.1 Å². The molecule has 0 fully saturated rings. The molecule has 2 N–H and O–H groups in total. The van der Waals surface area contributed by atoms with Crippen LogP contribution in [0.1, 0.15) is 16.5 Å². The summed E-state index contributed by atoms with van der Waals surface area (Å²) in [5, 5.41) is 11.0. The number of nitrogens with one attached hydrogen (secondary N) is 2. The zero-order chi connectivity index (χ0) is 16.8. The molecule has 0 amide bonds. The average molecular weight is 470 g/mol. The van der Waals surface area contributed by atoms with Crippen molar-refractivity contribution in [3.8, 4) is 0 Å². The molecule has 3 rings (SSSR count). The third-order valence-electron chi connectivity index (χ3n) is 3.70. The van der Waals surface area contributed by atoms with Crippen molar-refractivity contribution in [1.29, 1.82) is 0 Å². The Labute approximate surface area is 169 Å². The van der Waals surface area contributed by atoms with Crippen LogP contribution in [0, 0.1) is 6.92 Å². The molecule has 1 aromatic carbocycles. The predicted molar refractivity (Wildman–Crippen MR) is 115 cm³/mol. The lowest BCUT2D eigenvalue weighted by Crippen LogP contribution is -2.39. The van der Waals surface area contributed by atoms with Gasteiger partial charge in [0.25, 0.3) is 0 Å². The van der Waals surface area contributed by atoms with Crippen LogP contribution < -0.4 is 10.6 Å². The third kappa shape index (κ3) is 5.71. The second-order valence-corrected chi connectivity index (χ2v) is 6.60. The maximum Gasteiger partial charge on any atom is 0.191 e. The normalized spacial score (nSPS) is 11.4. The van der Waals surface area contributed by atoms with E-state index in [-0.39, 0.29) is 24.0 Å². The standard InChI is InChI=1S/C18H22N4OS.HI/c1-13-22-15(12-24-13)7-9-20-18(19-2)21-10-8-16-11-14-5-3-4-6-17(14)23-16;/h3-6,11-12H,7-10H2,1-2H3,(H2,19,20,21);1H. The summed E-state index contributed by atoms with van der Waals surface area (Å²) in [6, 6.07) is 10.2. The van der Waals surface area contributed by atoms with E-state index in [0.29, 0.717) is 0 Å². The van der Waals surface area contributed by atoms with E-state index in [1.807, 2.05) is 25.1 Å². The quantitative estimate of drug-likeness (QED) is 0.327. The van der Waals surface area contributed by atoms with Crippen molar-refractivity contribution in [1.82, 2.24) is 15.6 Å². The van der Waals surface area contributed by atoms with Crippen molar-refractivity contribution in [2.24, 2.45) is 4.99 Å². The molecule has 25 heavy (non-hydrogen) atoms. The van der Waals surface area contributed by atoms with Gasteiger partial charge in [-0.25, -0.2) is 4.98 Å². The zero-order valence-electron chi connectivity index (χ0n) is 14.4. The van der Waals surface area contributed by atoms with Crippen LogP contribution in [0.3, 0.4) is 0 Å². The topological polar surface area (TPSA) is 62.5 Å². The molecule has 2 heterocycles. The summed E-state index contributed by atoms with van der Waals surface area (Å²) in [5.41, 5.74) is 2.07. The molecular formula is C18H23IN4OS. The van der Waals surface area contributed by atoms with E-state index in [2.05, 4.69) is 38.1 Å². The largest absolute Gasteiger partial charge is 0.461 e. The van der Waals surface area contributed by atoms with Crippen molar-refractivity contribution < 1.29 is 4.42 Å². The van der Waals surface area contributed by atoms with E-state index in [1.165, 1.54) is 0 Å². The van der Waals surface area contributed by atoms with Gasteiger partial charge in [0.05, 0.1) is 10.7 Å². The number of guanidine groups is 1. The minimum Gasteiger partial charge on any atom is -0.461 e. The summed E-state index contributed by atoms with van der Waals surface area (Å²) in [4.78, 5) is 8.71. The lowest BCUT2D eigenvalue weighted by Gasteiger charge is -2.10. The molecule has 3 aromatic rings. The molecule has 0 aliphatic rings. The van der Waals surface area contributed by atoms with Crippen LogP contribution in [0.4, 0.5) is 0 Å². The Bertz CT molecular complexity index is 794. The molecule has 0 saturated carbocycles. The van der Waals surface area contributed by atoms with Crippen LogP contribution >= 0.6 is 35.3 Å². The highest BCUT2D eigenvalue weighted by Crippen LogP contribution is 2.18. The fourth-order valence-electron chi connectivity index (χ4n) is 2.52. The number of rotatable bonds is 6. The smallest absolute Gasteiger partial charge is 0.191 e. The summed E-state index contributed by atoms with van der Waals surface area (Å²) < 4.78 is 5.82. The average Bonchev–Trinajstić information content (AvgIpc) is 3.19. The molecule has 0 radical (unpaired) electrons. The molecule has 134 valence electrons. The SMILES string of the molecule is CN=C(NCCc1csc(C)n1)NCCc1cc2ccccc2o1.I. The van der Waals surface area contributed by atoms with Crippen molar-refractivity contribution in [3.05, 3.63) is 52.2 Å². The van der Waals surface area contributed by atoms with Gasteiger partial charge in [-0.2, -0.15) is 0 Å². The molecule has 7 heteroatoms. The first-order valence-electron chi connectivity index (χ1n) is 8.07. The number of aryl methyl sites for hydroxylation is 1. The highest BCUT2D eigenvalue weighted by Gasteiger charge is 2.04. The summed E-state index contributed by atoms with van der Waals surface area (Å²) in [6.45, 7) is 3.61. The number of furan rings is 1. The summed E-state index contributed by atoms with van der Waals surface area (Å²) >= 11 is 1.69. The third-order valence-corrected chi connectivity index (χ3v) is 4.53. The number of benzene rings is 1. The molecule has 0 atom stereocenters. The van der Waals surface area contributed by atoms with E-state index < -0.39 is 0 Å². The van der Waals surface area contributed by atoms with Crippen molar-refractivity contribution in [3.63, 3.8) is 0 Å². The van der Waals surface area contributed by atoms with Crippen LogP contribution in [-0.4, -0.2) is 31.1 Å². The van der Waals surface area contributed by atoms with E-state index >= 15 is 0 Å².